The summed E-state index contributed by atoms with van der Waals surface area (Å²) in [6, 6.07) is 23.8. The molecule has 0 bridgehead atoms. The second-order valence-electron chi connectivity index (χ2n) is 12.4. The van der Waals surface area contributed by atoms with Crippen LogP contribution in [0.4, 0.5) is 15.4 Å². The summed E-state index contributed by atoms with van der Waals surface area (Å²) in [5, 5.41) is 46.6. The van der Waals surface area contributed by atoms with Crippen molar-refractivity contribution < 1.29 is 9.59 Å². The number of carbonyl (C=O) groups is 2. The first-order chi connectivity index (χ1) is 27.8. The first-order valence-electron chi connectivity index (χ1n) is 17.1. The van der Waals surface area contributed by atoms with E-state index in [4.69, 9.17) is 39.8 Å². The topological polar surface area (TPSA) is 240 Å². The minimum absolute atomic E-state index is 0.0995. The summed E-state index contributed by atoms with van der Waals surface area (Å²) in [6.45, 7) is 0.233. The predicted octanol–water partition coefficient (Wildman–Crippen LogP) is 5.36. The summed E-state index contributed by atoms with van der Waals surface area (Å²) in [7, 11) is 0. The van der Waals surface area contributed by atoms with E-state index in [-0.39, 0.29) is 18.2 Å². The molecule has 0 aliphatic carbocycles. The van der Waals surface area contributed by atoms with Crippen molar-refractivity contribution in [2.75, 3.05) is 5.32 Å². The fraction of sp³-hybridized carbons (Fsp3) is 0.114. The Kier molecular flexibility index (Phi) is 10.7. The summed E-state index contributed by atoms with van der Waals surface area (Å²) in [5.74, 6) is 0.742. The van der Waals surface area contributed by atoms with Gasteiger partial charge in [-0.1, -0.05) is 71.2 Å². The molecular weight excluding hydrogens is 797 g/mol. The Labute approximate surface area is 336 Å². The molecule has 0 fully saturated rings. The lowest BCUT2D eigenvalue weighted by atomic mass is 10.1. The van der Waals surface area contributed by atoms with Crippen LogP contribution in [0.25, 0.3) is 33.5 Å². The number of nitrogens with zero attached hydrogens (tertiary/aromatic N) is 11. The van der Waals surface area contributed by atoms with Gasteiger partial charge in [-0.3, -0.25) is 10.4 Å². The highest BCUT2D eigenvalue weighted by atomic mass is 35.5. The van der Waals surface area contributed by atoms with E-state index < -0.39 is 18.1 Å². The van der Waals surface area contributed by atoms with Gasteiger partial charge in [0.05, 0.1) is 22.9 Å². The first kappa shape index (κ1) is 37.0. The van der Waals surface area contributed by atoms with Crippen LogP contribution in [0.3, 0.4) is 0 Å². The number of fused-ring (bicyclic) bond motifs is 1. The van der Waals surface area contributed by atoms with Crippen LogP contribution in [0.2, 0.25) is 15.2 Å². The summed E-state index contributed by atoms with van der Waals surface area (Å²) in [4.78, 5) is 35.6. The summed E-state index contributed by atoms with van der Waals surface area (Å²) in [5.41, 5.74) is 5.26. The number of halogens is 3. The largest absolute Gasteiger partial charge is 0.334 e. The Bertz CT molecular complexity index is 2670. The number of nitrogens with one attached hydrogen (secondary N) is 6. The van der Waals surface area contributed by atoms with Gasteiger partial charge in [0.1, 0.15) is 23.0 Å². The second-order valence-corrected chi connectivity index (χ2v) is 13.7. The maximum atomic E-state index is 13.4. The van der Waals surface area contributed by atoms with Gasteiger partial charge in [-0.05, 0) is 97.4 Å². The number of hydrogen-bond acceptors (Lipinski definition) is 11. The molecule has 22 heteroatoms. The van der Waals surface area contributed by atoms with E-state index in [1.54, 1.807) is 42.5 Å². The number of urea groups is 2. The number of aromatic nitrogens is 13. The normalized spacial score (nSPS) is 11.7. The van der Waals surface area contributed by atoms with Gasteiger partial charge in [0.2, 0.25) is 0 Å². The van der Waals surface area contributed by atoms with Gasteiger partial charge in [0, 0.05) is 39.6 Å². The van der Waals surface area contributed by atoms with E-state index in [0.29, 0.717) is 72.8 Å². The molecule has 286 valence electrons. The molecule has 1 atom stereocenters. The maximum Gasteiger partial charge on any atom is 0.320 e. The number of tetrazole rings is 1. The number of anilines is 1. The van der Waals surface area contributed by atoms with E-state index in [0.717, 1.165) is 5.56 Å². The van der Waals surface area contributed by atoms with E-state index in [2.05, 4.69) is 72.8 Å². The molecule has 4 aromatic carbocycles. The number of aromatic amines is 2. The van der Waals surface area contributed by atoms with E-state index in [1.165, 1.54) is 15.8 Å². The summed E-state index contributed by atoms with van der Waals surface area (Å²) in [6.07, 6.45) is 1.87. The van der Waals surface area contributed by atoms with Crippen LogP contribution in [0.5, 0.6) is 0 Å². The molecule has 0 unspecified atom stereocenters. The van der Waals surface area contributed by atoms with Gasteiger partial charge in [-0.2, -0.15) is 5.10 Å². The van der Waals surface area contributed by atoms with Crippen molar-refractivity contribution in [2.24, 2.45) is 0 Å². The van der Waals surface area contributed by atoms with Crippen LogP contribution in [-0.2, 0) is 19.5 Å². The standard InChI is InChI=1S/C35H28Cl3N17O2/c36-23-7-10-28(54-18-41-48-51-54)21(13-23)16-39-34(56)42-27(12-19-4-2-1-3-5-19)33-43-30(31(38)44-33)20-6-9-25-26(15-20)46-47-32(25)45-35(57)40-17-22-14-24(37)8-11-29(22)55-52-49-50-53-55/h1-11,13-15,18,27H,12,16-17H2,(H,43,44)(H2,39,42,56)(H3,40,45,46,47,57)/t27-/m0/s1. The molecule has 0 saturated carbocycles. The van der Waals surface area contributed by atoms with Gasteiger partial charge in [-0.25, -0.2) is 19.3 Å². The molecule has 0 aliphatic rings. The predicted molar refractivity (Wildman–Crippen MR) is 209 cm³/mol. The van der Waals surface area contributed by atoms with E-state index in [9.17, 15) is 9.59 Å². The third-order valence-corrected chi connectivity index (χ3v) is 9.47. The van der Waals surface area contributed by atoms with Crippen molar-refractivity contribution in [2.45, 2.75) is 25.6 Å². The van der Waals surface area contributed by atoms with Gasteiger partial charge in [0.15, 0.2) is 5.82 Å². The molecule has 0 radical (unpaired) electrons. The fourth-order valence-corrected chi connectivity index (χ4v) is 6.71. The lowest BCUT2D eigenvalue weighted by Gasteiger charge is -2.18. The molecule has 57 heavy (non-hydrogen) atoms. The highest BCUT2D eigenvalue weighted by Crippen LogP contribution is 2.32. The number of amides is 4. The van der Waals surface area contributed by atoms with Crippen LogP contribution >= 0.6 is 34.8 Å². The Hall–Kier alpha value is -6.96. The third-order valence-electron chi connectivity index (χ3n) is 8.73. The van der Waals surface area contributed by atoms with Crippen LogP contribution < -0.4 is 21.3 Å². The van der Waals surface area contributed by atoms with E-state index in [1.807, 2.05) is 42.5 Å². The number of carbonyl (C=O) groups excluding carboxylic acids is 2. The molecule has 8 aromatic rings. The number of H-pyrrole nitrogens is 2. The van der Waals surface area contributed by atoms with Crippen molar-refractivity contribution >= 4 is 63.6 Å². The SMILES string of the molecule is O=C(NCc1cc(Cl)ccc1-n1nnnn1)Nc1n[nH]c2cc(-c3nc([C@H](Cc4ccccc4)NC(=O)NCc4cc(Cl)ccc4-n4cnnn4)[nH]c3Cl)ccc12. The fourth-order valence-electron chi connectivity index (χ4n) is 6.07. The van der Waals surface area contributed by atoms with Gasteiger partial charge in [-0.15, -0.1) is 9.90 Å². The van der Waals surface area contributed by atoms with Gasteiger partial charge >= 0.3 is 12.1 Å². The molecule has 19 nitrogen and oxygen atoms in total. The van der Waals surface area contributed by atoms with Crippen LogP contribution in [-0.4, -0.2) is 78.1 Å². The molecule has 8 rings (SSSR count). The molecule has 0 aliphatic heterocycles. The van der Waals surface area contributed by atoms with Crippen LogP contribution in [0.1, 0.15) is 28.6 Å². The van der Waals surface area contributed by atoms with Crippen LogP contribution in [0.15, 0.2) is 91.3 Å². The number of benzene rings is 4. The number of imidazole rings is 1. The molecular formula is C35H28Cl3N17O2. The zero-order valence-electron chi connectivity index (χ0n) is 29.2. The van der Waals surface area contributed by atoms with Crippen molar-refractivity contribution in [3.05, 3.63) is 129 Å². The smallest absolute Gasteiger partial charge is 0.320 e. The van der Waals surface area contributed by atoms with Crippen molar-refractivity contribution in [1.82, 2.24) is 82.0 Å². The molecule has 4 aromatic heterocycles. The lowest BCUT2D eigenvalue weighted by molar-refractivity contribution is 0.236. The summed E-state index contributed by atoms with van der Waals surface area (Å²) < 4.78 is 1.49. The summed E-state index contributed by atoms with van der Waals surface area (Å²) >= 11 is 19.2. The van der Waals surface area contributed by atoms with Crippen LogP contribution in [0, 0.1) is 0 Å². The Morgan fingerprint density at radius 1 is 0.772 bits per heavy atom. The average Bonchev–Trinajstić information content (AvgIpc) is 4.06. The molecule has 4 heterocycles. The average molecular weight is 825 g/mol. The number of rotatable bonds is 12. The lowest BCUT2D eigenvalue weighted by Crippen LogP contribution is -2.39. The maximum absolute atomic E-state index is 13.4. The minimum Gasteiger partial charge on any atom is -0.334 e. The Morgan fingerprint density at radius 2 is 1.49 bits per heavy atom. The zero-order valence-corrected chi connectivity index (χ0v) is 31.5. The van der Waals surface area contributed by atoms with E-state index >= 15 is 0 Å². The zero-order chi connectivity index (χ0) is 39.3. The van der Waals surface area contributed by atoms with Crippen molar-refractivity contribution in [3.63, 3.8) is 0 Å². The number of hydrogen-bond donors (Lipinski definition) is 6. The highest BCUT2D eigenvalue weighted by Gasteiger charge is 2.23. The van der Waals surface area contributed by atoms with Gasteiger partial charge in [0.25, 0.3) is 0 Å². The quantitative estimate of drug-likeness (QED) is 0.0916. The molecule has 0 saturated heterocycles. The van der Waals surface area contributed by atoms with Crippen molar-refractivity contribution in [1.29, 1.82) is 0 Å². The van der Waals surface area contributed by atoms with Crippen molar-refractivity contribution in [3.8, 4) is 22.6 Å². The monoisotopic (exact) mass is 823 g/mol. The third kappa shape index (κ3) is 8.49. The Morgan fingerprint density at radius 3 is 2.23 bits per heavy atom. The second kappa shape index (κ2) is 16.4. The Balaban J connectivity index is 0.969. The highest BCUT2D eigenvalue weighted by molar-refractivity contribution is 6.32. The van der Waals surface area contributed by atoms with Gasteiger partial charge < -0.3 is 20.9 Å². The minimum atomic E-state index is -0.602. The first-order valence-corrected chi connectivity index (χ1v) is 18.2. The molecule has 6 N–H and O–H groups in total. The molecule has 4 amide bonds. The molecule has 0 spiro atoms.